The van der Waals surface area contributed by atoms with E-state index in [2.05, 4.69) is 4.74 Å². The van der Waals surface area contributed by atoms with E-state index >= 15 is 0 Å². The molecule has 0 spiro atoms. The fourth-order valence-electron chi connectivity index (χ4n) is 1.40. The first kappa shape index (κ1) is 14.9. The highest BCUT2D eigenvalue weighted by molar-refractivity contribution is 7.99. The van der Waals surface area contributed by atoms with Crippen LogP contribution in [0.1, 0.15) is 18.1 Å². The molecule has 1 rings (SSSR count). The van der Waals surface area contributed by atoms with Gasteiger partial charge in [-0.05, 0) is 17.7 Å². The van der Waals surface area contributed by atoms with Gasteiger partial charge in [-0.2, -0.15) is 11.8 Å². The summed E-state index contributed by atoms with van der Waals surface area (Å²) in [4.78, 5) is 10.9. The molecular weight excluding hydrogens is 252 g/mol. The zero-order valence-corrected chi connectivity index (χ0v) is 11.4. The average Bonchev–Trinajstić information content (AvgIpc) is 2.43. The lowest BCUT2D eigenvalue weighted by atomic mass is 10.1. The molecule has 18 heavy (non-hydrogen) atoms. The van der Waals surface area contributed by atoms with Crippen molar-refractivity contribution in [2.24, 2.45) is 0 Å². The van der Waals surface area contributed by atoms with Crippen LogP contribution in [-0.2, 0) is 9.53 Å². The molecular formula is C13H18O4S. The lowest BCUT2D eigenvalue weighted by Crippen LogP contribution is -2.04. The molecule has 0 radical (unpaired) electrons. The molecule has 0 aliphatic heterocycles. The van der Waals surface area contributed by atoms with Gasteiger partial charge in [-0.3, -0.25) is 4.79 Å². The Hall–Kier alpha value is -1.20. The van der Waals surface area contributed by atoms with Crippen LogP contribution in [0.3, 0.4) is 0 Å². The number of hydrogen-bond acceptors (Lipinski definition) is 5. The predicted molar refractivity (Wildman–Crippen MR) is 71.9 cm³/mol. The van der Waals surface area contributed by atoms with Gasteiger partial charge >= 0.3 is 5.97 Å². The Balaban J connectivity index is 2.35. The van der Waals surface area contributed by atoms with Crippen molar-refractivity contribution in [3.8, 4) is 5.75 Å². The van der Waals surface area contributed by atoms with Crippen LogP contribution < -0.4 is 4.74 Å². The van der Waals surface area contributed by atoms with Gasteiger partial charge in [0.15, 0.2) is 0 Å². The van der Waals surface area contributed by atoms with Crippen LogP contribution in [0.4, 0.5) is 0 Å². The van der Waals surface area contributed by atoms with E-state index in [1.54, 1.807) is 7.11 Å². The van der Waals surface area contributed by atoms with Crippen LogP contribution in [0.2, 0.25) is 0 Å². The molecule has 0 amide bonds. The normalized spacial score (nSPS) is 11.9. The lowest BCUT2D eigenvalue weighted by Gasteiger charge is -2.11. The van der Waals surface area contributed by atoms with Gasteiger partial charge in [0.2, 0.25) is 0 Å². The first-order valence-corrected chi connectivity index (χ1v) is 6.79. The van der Waals surface area contributed by atoms with E-state index in [1.165, 1.54) is 18.9 Å². The number of aliphatic hydroxyl groups excluding tert-OH is 1. The number of carbonyl (C=O) groups is 1. The van der Waals surface area contributed by atoms with Gasteiger partial charge in [-0.1, -0.05) is 12.1 Å². The summed E-state index contributed by atoms with van der Waals surface area (Å²) in [6.07, 6.45) is -0.186. The summed E-state index contributed by atoms with van der Waals surface area (Å²) in [5.74, 6) is 1.70. The number of aliphatic hydroxyl groups is 1. The third kappa shape index (κ3) is 4.98. The fourth-order valence-corrected chi connectivity index (χ4v) is 2.29. The molecule has 0 aliphatic rings. The highest BCUT2D eigenvalue weighted by atomic mass is 32.2. The van der Waals surface area contributed by atoms with E-state index in [1.807, 2.05) is 24.3 Å². The molecule has 0 fully saturated rings. The maximum atomic E-state index is 10.9. The zero-order valence-electron chi connectivity index (χ0n) is 10.6. The number of rotatable bonds is 7. The Kier molecular flexibility index (Phi) is 6.60. The Labute approximate surface area is 111 Å². The zero-order chi connectivity index (χ0) is 13.4. The average molecular weight is 270 g/mol. The molecule has 1 N–H and O–H groups in total. The van der Waals surface area contributed by atoms with Crippen molar-refractivity contribution in [3.05, 3.63) is 29.8 Å². The highest BCUT2D eigenvalue weighted by Crippen LogP contribution is 2.22. The monoisotopic (exact) mass is 270 g/mol. The van der Waals surface area contributed by atoms with E-state index in [0.29, 0.717) is 17.9 Å². The summed E-state index contributed by atoms with van der Waals surface area (Å²) < 4.78 is 9.64. The number of esters is 1. The molecule has 5 heteroatoms. The molecule has 0 heterocycles. The van der Waals surface area contributed by atoms with Gasteiger partial charge in [0, 0.05) is 11.5 Å². The van der Waals surface area contributed by atoms with Crippen LogP contribution >= 0.6 is 11.8 Å². The second kappa shape index (κ2) is 8.00. The van der Waals surface area contributed by atoms with Crippen LogP contribution in [0.15, 0.2) is 24.3 Å². The first-order chi connectivity index (χ1) is 8.67. The van der Waals surface area contributed by atoms with Crippen LogP contribution in [-0.4, -0.2) is 36.8 Å². The Bertz CT molecular complexity index is 381. The topological polar surface area (TPSA) is 55.8 Å². The van der Waals surface area contributed by atoms with Gasteiger partial charge in [-0.15, -0.1) is 0 Å². The van der Waals surface area contributed by atoms with Crippen molar-refractivity contribution in [1.29, 1.82) is 0 Å². The Morgan fingerprint density at radius 3 is 2.89 bits per heavy atom. The number of methoxy groups -OCH3 is 2. The lowest BCUT2D eigenvalue weighted by molar-refractivity contribution is -0.140. The number of hydrogen-bond donors (Lipinski definition) is 1. The van der Waals surface area contributed by atoms with Gasteiger partial charge in [0.05, 0.1) is 26.7 Å². The van der Waals surface area contributed by atoms with Crippen LogP contribution in [0, 0.1) is 0 Å². The summed E-state index contributed by atoms with van der Waals surface area (Å²) in [7, 11) is 2.97. The Morgan fingerprint density at radius 2 is 2.22 bits per heavy atom. The smallest absolute Gasteiger partial charge is 0.306 e. The summed E-state index contributed by atoms with van der Waals surface area (Å²) in [5.41, 5.74) is 0.819. The molecule has 0 saturated carbocycles. The predicted octanol–water partition coefficient (Wildman–Crippen LogP) is 2.02. The summed E-state index contributed by atoms with van der Waals surface area (Å²) in [5, 5.41) is 9.97. The molecule has 1 unspecified atom stereocenters. The van der Waals surface area contributed by atoms with Crippen molar-refractivity contribution >= 4 is 17.7 Å². The van der Waals surface area contributed by atoms with Crippen LogP contribution in [0.5, 0.6) is 5.75 Å². The van der Waals surface area contributed by atoms with E-state index in [0.717, 1.165) is 11.3 Å². The molecule has 0 aliphatic carbocycles. The Morgan fingerprint density at radius 1 is 1.44 bits per heavy atom. The largest absolute Gasteiger partial charge is 0.497 e. The maximum absolute atomic E-state index is 10.9. The van der Waals surface area contributed by atoms with Crippen molar-refractivity contribution in [2.45, 2.75) is 12.5 Å². The van der Waals surface area contributed by atoms with E-state index in [-0.39, 0.29) is 5.97 Å². The van der Waals surface area contributed by atoms with Gasteiger partial charge in [-0.25, -0.2) is 0 Å². The van der Waals surface area contributed by atoms with E-state index in [9.17, 15) is 9.90 Å². The van der Waals surface area contributed by atoms with E-state index in [4.69, 9.17) is 4.74 Å². The van der Waals surface area contributed by atoms with Crippen LogP contribution in [0.25, 0.3) is 0 Å². The van der Waals surface area contributed by atoms with Gasteiger partial charge in [0.1, 0.15) is 5.75 Å². The maximum Gasteiger partial charge on any atom is 0.306 e. The minimum absolute atomic E-state index is 0.224. The number of thioether (sulfide) groups is 1. The molecule has 0 saturated heterocycles. The number of benzene rings is 1. The number of carbonyl (C=O) groups excluding carboxylic acids is 1. The molecule has 0 aromatic heterocycles. The third-order valence-electron chi connectivity index (χ3n) is 2.43. The summed E-state index contributed by atoms with van der Waals surface area (Å²) in [6.45, 7) is 0. The van der Waals surface area contributed by atoms with Gasteiger partial charge < -0.3 is 14.6 Å². The van der Waals surface area contributed by atoms with Crippen molar-refractivity contribution in [2.75, 3.05) is 25.7 Å². The van der Waals surface area contributed by atoms with Crippen molar-refractivity contribution < 1.29 is 19.4 Å². The van der Waals surface area contributed by atoms with Gasteiger partial charge in [0.25, 0.3) is 0 Å². The SMILES string of the molecule is COC(=O)CCSCC(O)c1cccc(OC)c1. The molecule has 0 bridgehead atoms. The quantitative estimate of drug-likeness (QED) is 0.607. The van der Waals surface area contributed by atoms with Crippen molar-refractivity contribution in [3.63, 3.8) is 0 Å². The fraction of sp³-hybridized carbons (Fsp3) is 0.462. The first-order valence-electron chi connectivity index (χ1n) is 5.64. The standard InChI is InChI=1S/C13H18O4S/c1-16-11-5-3-4-10(8-11)12(14)9-18-7-6-13(15)17-2/h3-5,8,12,14H,6-7,9H2,1-2H3. The molecule has 4 nitrogen and oxygen atoms in total. The molecule has 1 aromatic rings. The minimum Gasteiger partial charge on any atom is -0.497 e. The molecule has 100 valence electrons. The third-order valence-corrected chi connectivity index (χ3v) is 3.48. The van der Waals surface area contributed by atoms with E-state index < -0.39 is 6.10 Å². The molecule has 1 aromatic carbocycles. The summed E-state index contributed by atoms with van der Waals surface area (Å²) in [6, 6.07) is 7.34. The van der Waals surface area contributed by atoms with Crippen molar-refractivity contribution in [1.82, 2.24) is 0 Å². The minimum atomic E-state index is -0.553. The second-order valence-electron chi connectivity index (χ2n) is 3.69. The highest BCUT2D eigenvalue weighted by Gasteiger charge is 2.09. The second-order valence-corrected chi connectivity index (χ2v) is 4.84. The summed E-state index contributed by atoms with van der Waals surface area (Å²) >= 11 is 1.52. The molecule has 1 atom stereocenters. The number of ether oxygens (including phenoxy) is 2.